The first kappa shape index (κ1) is 10.2. The minimum absolute atomic E-state index is 0.702. The molecule has 0 atom stereocenters. The van der Waals surface area contributed by atoms with Crippen LogP contribution in [0.1, 0.15) is 10.4 Å². The molecule has 2 nitrogen and oxygen atoms in total. The van der Waals surface area contributed by atoms with Gasteiger partial charge in [-0.3, -0.25) is 9.78 Å². The van der Waals surface area contributed by atoms with E-state index in [0.717, 1.165) is 17.4 Å². The van der Waals surface area contributed by atoms with Crippen LogP contribution in [0.5, 0.6) is 0 Å². The van der Waals surface area contributed by atoms with Crippen LogP contribution in [0.15, 0.2) is 48.7 Å². The first-order valence-electron chi connectivity index (χ1n) is 5.27. The van der Waals surface area contributed by atoms with E-state index in [1.807, 2.05) is 30.3 Å². The number of aldehydes is 1. The summed E-state index contributed by atoms with van der Waals surface area (Å²) < 4.78 is 1.18. The largest absolute Gasteiger partial charge is 0.298 e. The maximum absolute atomic E-state index is 10.6. The molecule has 0 unspecified atom stereocenters. The molecular weight excluding hydrogens is 230 g/mol. The normalized spacial score (nSPS) is 10.6. The molecular formula is C14H9NOS. The molecule has 0 radical (unpaired) electrons. The van der Waals surface area contributed by atoms with Crippen molar-refractivity contribution in [2.45, 2.75) is 0 Å². The van der Waals surface area contributed by atoms with E-state index in [0.29, 0.717) is 5.56 Å². The zero-order valence-corrected chi connectivity index (χ0v) is 9.78. The molecule has 17 heavy (non-hydrogen) atoms. The number of pyridine rings is 1. The number of carbonyl (C=O) groups is 1. The van der Waals surface area contributed by atoms with Crippen LogP contribution >= 0.6 is 11.3 Å². The average molecular weight is 239 g/mol. The van der Waals surface area contributed by atoms with Gasteiger partial charge in [-0.15, -0.1) is 11.3 Å². The van der Waals surface area contributed by atoms with Crippen molar-refractivity contribution in [2.75, 3.05) is 0 Å². The summed E-state index contributed by atoms with van der Waals surface area (Å²) in [6.45, 7) is 0. The van der Waals surface area contributed by atoms with E-state index in [-0.39, 0.29) is 0 Å². The summed E-state index contributed by atoms with van der Waals surface area (Å²) in [5.41, 5.74) is 2.85. The highest BCUT2D eigenvalue weighted by Crippen LogP contribution is 2.32. The SMILES string of the molecule is O=Cc1ccc(-c2cc3ncccc3s2)cc1. The van der Waals surface area contributed by atoms with Gasteiger partial charge in [0.1, 0.15) is 6.29 Å². The second-order valence-electron chi connectivity index (χ2n) is 3.74. The standard InChI is InChI=1S/C14H9NOS/c16-9-10-3-5-11(6-4-10)14-8-12-13(17-14)2-1-7-15-12/h1-9H. The van der Waals surface area contributed by atoms with Gasteiger partial charge in [0.05, 0.1) is 10.2 Å². The summed E-state index contributed by atoms with van der Waals surface area (Å²) >= 11 is 1.71. The number of thiophene rings is 1. The van der Waals surface area contributed by atoms with E-state index in [2.05, 4.69) is 17.1 Å². The molecule has 3 rings (SSSR count). The topological polar surface area (TPSA) is 30.0 Å². The monoisotopic (exact) mass is 239 g/mol. The highest BCUT2D eigenvalue weighted by Gasteiger charge is 2.04. The maximum atomic E-state index is 10.6. The lowest BCUT2D eigenvalue weighted by Gasteiger charge is -1.96. The van der Waals surface area contributed by atoms with Crippen LogP contribution in [0.2, 0.25) is 0 Å². The van der Waals surface area contributed by atoms with Crippen molar-refractivity contribution >= 4 is 27.8 Å². The number of benzene rings is 1. The lowest BCUT2D eigenvalue weighted by molar-refractivity contribution is 0.112. The Labute approximate surface area is 103 Å². The third-order valence-corrected chi connectivity index (χ3v) is 3.76. The molecule has 0 aliphatic rings. The summed E-state index contributed by atoms with van der Waals surface area (Å²) in [6.07, 6.45) is 2.66. The molecule has 82 valence electrons. The van der Waals surface area contributed by atoms with E-state index in [4.69, 9.17) is 0 Å². The fraction of sp³-hybridized carbons (Fsp3) is 0. The molecule has 2 aromatic heterocycles. The van der Waals surface area contributed by atoms with E-state index in [1.165, 1.54) is 9.58 Å². The van der Waals surface area contributed by atoms with Crippen LogP contribution in [-0.2, 0) is 0 Å². The Morgan fingerprint density at radius 3 is 2.65 bits per heavy atom. The zero-order valence-electron chi connectivity index (χ0n) is 8.96. The summed E-state index contributed by atoms with van der Waals surface area (Å²) in [7, 11) is 0. The average Bonchev–Trinajstić information content (AvgIpc) is 2.82. The van der Waals surface area contributed by atoms with Crippen molar-refractivity contribution in [1.29, 1.82) is 0 Å². The molecule has 3 heteroatoms. The molecule has 0 saturated heterocycles. The third kappa shape index (κ3) is 1.85. The first-order chi connectivity index (χ1) is 8.36. The van der Waals surface area contributed by atoms with Crippen LogP contribution in [0, 0.1) is 0 Å². The number of rotatable bonds is 2. The highest BCUT2D eigenvalue weighted by molar-refractivity contribution is 7.22. The predicted molar refractivity (Wildman–Crippen MR) is 70.4 cm³/mol. The van der Waals surface area contributed by atoms with Crippen LogP contribution in [0.4, 0.5) is 0 Å². The number of nitrogens with zero attached hydrogens (tertiary/aromatic N) is 1. The number of hydrogen-bond donors (Lipinski definition) is 0. The second kappa shape index (κ2) is 4.11. The van der Waals surface area contributed by atoms with Gasteiger partial charge in [-0.1, -0.05) is 24.3 Å². The smallest absolute Gasteiger partial charge is 0.150 e. The Hall–Kier alpha value is -2.00. The molecule has 0 bridgehead atoms. The van der Waals surface area contributed by atoms with Crippen molar-refractivity contribution < 1.29 is 4.79 Å². The molecule has 0 N–H and O–H groups in total. The van der Waals surface area contributed by atoms with Gasteiger partial charge < -0.3 is 0 Å². The number of carbonyl (C=O) groups excluding carboxylic acids is 1. The predicted octanol–water partition coefficient (Wildman–Crippen LogP) is 3.78. The molecule has 0 aliphatic heterocycles. The molecule has 0 amide bonds. The molecule has 0 saturated carbocycles. The minimum atomic E-state index is 0.702. The van der Waals surface area contributed by atoms with E-state index < -0.39 is 0 Å². The fourth-order valence-corrected chi connectivity index (χ4v) is 2.76. The van der Waals surface area contributed by atoms with Crippen LogP contribution in [0.25, 0.3) is 20.7 Å². The van der Waals surface area contributed by atoms with E-state index >= 15 is 0 Å². The zero-order chi connectivity index (χ0) is 11.7. The van der Waals surface area contributed by atoms with E-state index in [1.54, 1.807) is 17.5 Å². The summed E-state index contributed by atoms with van der Waals surface area (Å²) in [4.78, 5) is 16.1. The van der Waals surface area contributed by atoms with Crippen molar-refractivity contribution in [1.82, 2.24) is 4.98 Å². The first-order valence-corrected chi connectivity index (χ1v) is 6.08. The van der Waals surface area contributed by atoms with Crippen LogP contribution < -0.4 is 0 Å². The summed E-state index contributed by atoms with van der Waals surface area (Å²) in [5, 5.41) is 0. The Morgan fingerprint density at radius 2 is 1.94 bits per heavy atom. The minimum Gasteiger partial charge on any atom is -0.298 e. The molecule has 3 aromatic rings. The Bertz CT molecular complexity index is 637. The lowest BCUT2D eigenvalue weighted by atomic mass is 10.1. The summed E-state index contributed by atoms with van der Waals surface area (Å²) in [5.74, 6) is 0. The van der Waals surface area contributed by atoms with Crippen molar-refractivity contribution in [3.05, 3.63) is 54.2 Å². The van der Waals surface area contributed by atoms with Gasteiger partial charge in [-0.05, 0) is 23.8 Å². The van der Waals surface area contributed by atoms with Gasteiger partial charge in [-0.2, -0.15) is 0 Å². The quantitative estimate of drug-likeness (QED) is 0.637. The van der Waals surface area contributed by atoms with Gasteiger partial charge in [0, 0.05) is 16.6 Å². The van der Waals surface area contributed by atoms with Gasteiger partial charge in [0.2, 0.25) is 0 Å². The van der Waals surface area contributed by atoms with Gasteiger partial charge >= 0.3 is 0 Å². The summed E-state index contributed by atoms with van der Waals surface area (Å²) in [6, 6.07) is 13.7. The Kier molecular flexibility index (Phi) is 2.46. The Balaban J connectivity index is 2.10. The van der Waals surface area contributed by atoms with Crippen LogP contribution in [-0.4, -0.2) is 11.3 Å². The number of hydrogen-bond acceptors (Lipinski definition) is 3. The van der Waals surface area contributed by atoms with Crippen molar-refractivity contribution in [3.8, 4) is 10.4 Å². The van der Waals surface area contributed by atoms with Gasteiger partial charge in [0.25, 0.3) is 0 Å². The fourth-order valence-electron chi connectivity index (χ4n) is 1.74. The van der Waals surface area contributed by atoms with Crippen molar-refractivity contribution in [3.63, 3.8) is 0 Å². The molecule has 2 heterocycles. The Morgan fingerprint density at radius 1 is 1.12 bits per heavy atom. The highest BCUT2D eigenvalue weighted by atomic mass is 32.1. The number of aromatic nitrogens is 1. The molecule has 1 aromatic carbocycles. The van der Waals surface area contributed by atoms with Gasteiger partial charge in [-0.25, -0.2) is 0 Å². The third-order valence-electron chi connectivity index (χ3n) is 2.62. The number of fused-ring (bicyclic) bond motifs is 1. The van der Waals surface area contributed by atoms with Gasteiger partial charge in [0.15, 0.2) is 0 Å². The maximum Gasteiger partial charge on any atom is 0.150 e. The van der Waals surface area contributed by atoms with Crippen molar-refractivity contribution in [2.24, 2.45) is 0 Å². The molecule has 0 spiro atoms. The van der Waals surface area contributed by atoms with E-state index in [9.17, 15) is 4.79 Å². The van der Waals surface area contributed by atoms with Crippen LogP contribution in [0.3, 0.4) is 0 Å². The molecule has 0 fully saturated rings. The lowest BCUT2D eigenvalue weighted by Crippen LogP contribution is -1.78. The second-order valence-corrected chi connectivity index (χ2v) is 4.82. The molecule has 0 aliphatic carbocycles.